The quantitative estimate of drug-likeness (QED) is 0.845. The van der Waals surface area contributed by atoms with E-state index in [0.29, 0.717) is 0 Å². The van der Waals surface area contributed by atoms with Gasteiger partial charge in [0.25, 0.3) is 6.43 Å². The third kappa shape index (κ3) is 2.82. The van der Waals surface area contributed by atoms with Gasteiger partial charge in [-0.2, -0.15) is 13.2 Å². The van der Waals surface area contributed by atoms with Crippen LogP contribution in [-0.4, -0.2) is 12.1 Å². The molecule has 1 rings (SSSR count). The smallest absolute Gasteiger partial charge is 0.433 e. The first kappa shape index (κ1) is 13.6. The number of alkyl halides is 5. The van der Waals surface area contributed by atoms with Crippen molar-refractivity contribution >= 4 is 0 Å². The van der Waals surface area contributed by atoms with E-state index in [4.69, 9.17) is 5.73 Å². The van der Waals surface area contributed by atoms with Gasteiger partial charge in [-0.3, -0.25) is 0 Å². The summed E-state index contributed by atoms with van der Waals surface area (Å²) in [5.74, 6) is -0.523. The fraction of sp³-hybridized carbons (Fsp3) is 0.444. The SMILES string of the molecule is COc1cc(C(F)F)c(CN)c(C(F)(F)F)n1. The lowest BCUT2D eigenvalue weighted by atomic mass is 10.1. The van der Waals surface area contributed by atoms with Gasteiger partial charge in [-0.15, -0.1) is 0 Å². The molecule has 2 N–H and O–H groups in total. The van der Waals surface area contributed by atoms with E-state index >= 15 is 0 Å². The number of pyridine rings is 1. The Balaban J connectivity index is 3.51. The Morgan fingerprint density at radius 2 is 2.00 bits per heavy atom. The first-order valence-electron chi connectivity index (χ1n) is 4.44. The molecule has 1 aromatic rings. The van der Waals surface area contributed by atoms with Crippen LogP contribution < -0.4 is 10.5 Å². The molecule has 0 radical (unpaired) electrons. The molecule has 1 heterocycles. The topological polar surface area (TPSA) is 48.1 Å². The lowest BCUT2D eigenvalue weighted by Crippen LogP contribution is -2.17. The minimum atomic E-state index is -4.85. The number of halogens is 5. The number of hydrogen-bond donors (Lipinski definition) is 1. The van der Waals surface area contributed by atoms with Crippen LogP contribution in [0.3, 0.4) is 0 Å². The molecule has 0 fully saturated rings. The molecule has 0 aliphatic heterocycles. The van der Waals surface area contributed by atoms with Gasteiger partial charge in [0.05, 0.1) is 7.11 Å². The highest BCUT2D eigenvalue weighted by Gasteiger charge is 2.37. The molecule has 0 atom stereocenters. The molecule has 0 bridgehead atoms. The van der Waals surface area contributed by atoms with Gasteiger partial charge in [0.15, 0.2) is 5.69 Å². The number of aromatic nitrogens is 1. The van der Waals surface area contributed by atoms with E-state index < -0.39 is 41.8 Å². The van der Waals surface area contributed by atoms with Crippen molar-refractivity contribution in [3.05, 3.63) is 22.9 Å². The van der Waals surface area contributed by atoms with E-state index in [9.17, 15) is 22.0 Å². The molecule has 0 aromatic carbocycles. The van der Waals surface area contributed by atoms with Gasteiger partial charge in [0.2, 0.25) is 5.88 Å². The zero-order valence-corrected chi connectivity index (χ0v) is 8.68. The molecule has 0 unspecified atom stereocenters. The summed E-state index contributed by atoms with van der Waals surface area (Å²) in [6.07, 6.45) is -7.93. The van der Waals surface area contributed by atoms with Gasteiger partial charge in [-0.05, 0) is 0 Å². The van der Waals surface area contributed by atoms with E-state index in [1.165, 1.54) is 0 Å². The Hall–Kier alpha value is -1.44. The first-order chi connectivity index (χ1) is 7.81. The van der Waals surface area contributed by atoms with Crippen LogP contribution in [0, 0.1) is 0 Å². The van der Waals surface area contributed by atoms with E-state index in [2.05, 4.69) is 9.72 Å². The summed E-state index contributed by atoms with van der Waals surface area (Å²) < 4.78 is 67.4. The standard InChI is InChI=1S/C9H9F5N2O/c1-17-6-2-4(8(10)11)5(3-15)7(16-6)9(12,13)14/h2,8H,3,15H2,1H3. The number of ether oxygens (including phenoxy) is 1. The van der Waals surface area contributed by atoms with Crippen LogP contribution in [0.25, 0.3) is 0 Å². The Morgan fingerprint density at radius 3 is 2.35 bits per heavy atom. The number of methoxy groups -OCH3 is 1. The predicted octanol–water partition coefficient (Wildman–Crippen LogP) is 2.51. The van der Waals surface area contributed by atoms with E-state index in [1.807, 2.05) is 0 Å². The van der Waals surface area contributed by atoms with Crippen LogP contribution in [0.1, 0.15) is 23.2 Å². The first-order valence-corrected chi connectivity index (χ1v) is 4.44. The Morgan fingerprint density at radius 1 is 1.41 bits per heavy atom. The molecule has 96 valence electrons. The van der Waals surface area contributed by atoms with Crippen molar-refractivity contribution in [1.29, 1.82) is 0 Å². The molecule has 1 aromatic heterocycles. The molecule has 0 saturated carbocycles. The van der Waals surface area contributed by atoms with Crippen LogP contribution in [0.2, 0.25) is 0 Å². The van der Waals surface area contributed by atoms with Gasteiger partial charge < -0.3 is 10.5 Å². The molecule has 0 amide bonds. The summed E-state index contributed by atoms with van der Waals surface area (Å²) >= 11 is 0. The van der Waals surface area contributed by atoms with E-state index in [-0.39, 0.29) is 0 Å². The summed E-state index contributed by atoms with van der Waals surface area (Å²) in [7, 11) is 1.04. The zero-order chi connectivity index (χ0) is 13.2. The molecule has 0 spiro atoms. The normalized spacial score (nSPS) is 12.0. The third-order valence-corrected chi connectivity index (χ3v) is 2.05. The van der Waals surface area contributed by atoms with Gasteiger partial charge in [0, 0.05) is 23.7 Å². The number of nitrogens with two attached hydrogens (primary N) is 1. The minimum absolute atomic E-state index is 0.523. The minimum Gasteiger partial charge on any atom is -0.481 e. The second-order valence-corrected chi connectivity index (χ2v) is 3.08. The van der Waals surface area contributed by atoms with Gasteiger partial charge in [0.1, 0.15) is 0 Å². The molecule has 8 heteroatoms. The van der Waals surface area contributed by atoms with Crippen molar-refractivity contribution in [3.63, 3.8) is 0 Å². The fourth-order valence-corrected chi connectivity index (χ4v) is 1.32. The molecule has 0 saturated heterocycles. The monoisotopic (exact) mass is 256 g/mol. The second-order valence-electron chi connectivity index (χ2n) is 3.08. The van der Waals surface area contributed by atoms with Crippen molar-refractivity contribution in [2.45, 2.75) is 19.1 Å². The molecule has 0 aliphatic carbocycles. The van der Waals surface area contributed by atoms with Crippen molar-refractivity contribution in [2.75, 3.05) is 7.11 Å². The predicted molar refractivity (Wildman–Crippen MR) is 48.6 cm³/mol. The second kappa shape index (κ2) is 4.82. The van der Waals surface area contributed by atoms with Crippen molar-refractivity contribution in [3.8, 4) is 5.88 Å². The summed E-state index contributed by atoms with van der Waals surface area (Å²) in [6.45, 7) is -0.675. The average Bonchev–Trinajstić information content (AvgIpc) is 2.25. The lowest BCUT2D eigenvalue weighted by Gasteiger charge is -2.15. The summed E-state index contributed by atoms with van der Waals surface area (Å²) in [4.78, 5) is 3.12. The maximum absolute atomic E-state index is 12.6. The maximum atomic E-state index is 12.6. The van der Waals surface area contributed by atoms with Crippen molar-refractivity contribution < 1.29 is 26.7 Å². The number of rotatable bonds is 3. The Kier molecular flexibility index (Phi) is 3.87. The van der Waals surface area contributed by atoms with Crippen LogP contribution in [0.15, 0.2) is 6.07 Å². The third-order valence-electron chi connectivity index (χ3n) is 2.05. The highest BCUT2D eigenvalue weighted by molar-refractivity contribution is 5.37. The van der Waals surface area contributed by atoms with Crippen LogP contribution >= 0.6 is 0 Å². The Bertz CT molecular complexity index is 405. The molecule has 17 heavy (non-hydrogen) atoms. The average molecular weight is 256 g/mol. The van der Waals surface area contributed by atoms with E-state index in [1.54, 1.807) is 0 Å². The molecule has 0 aliphatic rings. The van der Waals surface area contributed by atoms with Crippen LogP contribution in [0.5, 0.6) is 5.88 Å². The molecular weight excluding hydrogens is 247 g/mol. The maximum Gasteiger partial charge on any atom is 0.433 e. The van der Waals surface area contributed by atoms with Crippen molar-refractivity contribution in [1.82, 2.24) is 4.98 Å². The largest absolute Gasteiger partial charge is 0.481 e. The number of nitrogens with zero attached hydrogens (tertiary/aromatic N) is 1. The van der Waals surface area contributed by atoms with Crippen LogP contribution in [-0.2, 0) is 12.7 Å². The van der Waals surface area contributed by atoms with E-state index in [0.717, 1.165) is 13.2 Å². The van der Waals surface area contributed by atoms with Gasteiger partial charge in [-0.25, -0.2) is 13.8 Å². The Labute approximate surface area is 93.4 Å². The fourth-order valence-electron chi connectivity index (χ4n) is 1.32. The lowest BCUT2D eigenvalue weighted by molar-refractivity contribution is -0.142. The number of hydrogen-bond acceptors (Lipinski definition) is 3. The van der Waals surface area contributed by atoms with Crippen molar-refractivity contribution in [2.24, 2.45) is 5.73 Å². The summed E-state index contributed by atoms with van der Waals surface area (Å²) in [5, 5.41) is 0. The highest BCUT2D eigenvalue weighted by Crippen LogP contribution is 2.36. The highest BCUT2D eigenvalue weighted by atomic mass is 19.4. The molecular formula is C9H9F5N2O. The van der Waals surface area contributed by atoms with Gasteiger partial charge >= 0.3 is 6.18 Å². The molecule has 3 nitrogen and oxygen atoms in total. The van der Waals surface area contributed by atoms with Crippen LogP contribution in [0.4, 0.5) is 22.0 Å². The van der Waals surface area contributed by atoms with Gasteiger partial charge in [-0.1, -0.05) is 0 Å². The summed E-state index contributed by atoms with van der Waals surface area (Å²) in [5.41, 5.74) is 2.10. The zero-order valence-electron chi connectivity index (χ0n) is 8.68. The summed E-state index contributed by atoms with van der Waals surface area (Å²) in [6, 6.07) is 0.752.